The first-order chi connectivity index (χ1) is 17.9. The summed E-state index contributed by atoms with van der Waals surface area (Å²) in [4.78, 5) is 38.8. The zero-order valence-corrected chi connectivity index (χ0v) is 22.6. The summed E-state index contributed by atoms with van der Waals surface area (Å²) in [5, 5.41) is 1.00. The van der Waals surface area contributed by atoms with E-state index in [1.54, 1.807) is 13.0 Å². The van der Waals surface area contributed by atoms with Crippen molar-refractivity contribution >= 4 is 40.9 Å². The number of rotatable bonds is 7. The van der Waals surface area contributed by atoms with E-state index >= 15 is 0 Å². The highest BCUT2D eigenvalue weighted by molar-refractivity contribution is 7.98. The van der Waals surface area contributed by atoms with Crippen LogP contribution in [0, 0.1) is 0 Å². The Bertz CT molecular complexity index is 1270. The smallest absolute Gasteiger partial charge is 0.253 e. The zero-order valence-electron chi connectivity index (χ0n) is 21.0. The Morgan fingerprint density at radius 2 is 1.68 bits per heavy atom. The third kappa shape index (κ3) is 5.68. The van der Waals surface area contributed by atoms with Gasteiger partial charge in [-0.3, -0.25) is 9.59 Å². The summed E-state index contributed by atoms with van der Waals surface area (Å²) < 4.78 is 0. The van der Waals surface area contributed by atoms with Crippen molar-refractivity contribution in [3.05, 3.63) is 82.5 Å². The van der Waals surface area contributed by atoms with E-state index in [9.17, 15) is 9.59 Å². The molecular weight excluding hydrogens is 504 g/mol. The molecule has 192 valence electrons. The summed E-state index contributed by atoms with van der Waals surface area (Å²) in [7, 11) is 0. The Labute approximate surface area is 227 Å². The lowest BCUT2D eigenvalue weighted by Gasteiger charge is -2.41. The average molecular weight is 535 g/mol. The van der Waals surface area contributed by atoms with Gasteiger partial charge in [0.25, 0.3) is 5.91 Å². The van der Waals surface area contributed by atoms with Crippen LogP contribution in [0.4, 0.5) is 5.82 Å². The summed E-state index contributed by atoms with van der Waals surface area (Å²) in [6, 6.07) is 19.7. The van der Waals surface area contributed by atoms with E-state index in [0.717, 1.165) is 61.3 Å². The third-order valence-electron chi connectivity index (χ3n) is 7.54. The third-order valence-corrected chi connectivity index (χ3v) is 8.65. The molecule has 0 saturated carbocycles. The van der Waals surface area contributed by atoms with Crippen LogP contribution in [0.5, 0.6) is 0 Å². The molecule has 0 N–H and O–H groups in total. The number of amides is 1. The summed E-state index contributed by atoms with van der Waals surface area (Å²) in [5.74, 6) is 1.74. The molecule has 6 nitrogen and oxygen atoms in total. The van der Waals surface area contributed by atoms with Crippen LogP contribution < -0.4 is 4.90 Å². The Hall–Kier alpha value is -2.90. The van der Waals surface area contributed by atoms with Gasteiger partial charge in [-0.25, -0.2) is 9.97 Å². The van der Waals surface area contributed by atoms with Crippen LogP contribution in [-0.4, -0.2) is 52.7 Å². The van der Waals surface area contributed by atoms with Gasteiger partial charge >= 0.3 is 0 Å². The Kier molecular flexibility index (Phi) is 7.81. The molecule has 8 heteroatoms. The van der Waals surface area contributed by atoms with Crippen molar-refractivity contribution in [3.63, 3.8) is 0 Å². The summed E-state index contributed by atoms with van der Waals surface area (Å²) in [6.45, 7) is 4.81. The molecule has 2 aliphatic heterocycles. The van der Waals surface area contributed by atoms with Gasteiger partial charge in [-0.15, -0.1) is 0 Å². The number of aromatic nitrogens is 2. The molecule has 5 rings (SSSR count). The maximum Gasteiger partial charge on any atom is 0.253 e. The molecule has 0 radical (unpaired) electrons. The number of carbonyl (C=O) groups is 2. The van der Waals surface area contributed by atoms with E-state index in [-0.39, 0.29) is 11.7 Å². The monoisotopic (exact) mass is 534 g/mol. The standard InChI is InChI=1S/C29H31ClN4O2S/c1-21(35)29(24-10-3-2-4-11-24)12-16-33(17-13-29)26-19-25(30)31-28(32-26)37-20-22-8-7-9-23(18-22)27(36)34-14-5-6-15-34/h2-4,7-11,18-19H,5-6,12-17,20H2,1H3. The van der Waals surface area contributed by atoms with Gasteiger partial charge in [0.1, 0.15) is 16.8 Å². The first-order valence-electron chi connectivity index (χ1n) is 12.8. The predicted molar refractivity (Wildman–Crippen MR) is 148 cm³/mol. The fourth-order valence-corrected chi connectivity index (χ4v) is 6.40. The van der Waals surface area contributed by atoms with Crippen molar-refractivity contribution < 1.29 is 9.59 Å². The number of benzene rings is 2. The van der Waals surface area contributed by atoms with Crippen LogP contribution in [0.15, 0.2) is 65.8 Å². The van der Waals surface area contributed by atoms with Crippen molar-refractivity contribution in [3.8, 4) is 0 Å². The predicted octanol–water partition coefficient (Wildman–Crippen LogP) is 5.79. The average Bonchev–Trinajstić information content (AvgIpc) is 3.47. The number of likely N-dealkylation sites (tertiary alicyclic amines) is 1. The second kappa shape index (κ2) is 11.2. The van der Waals surface area contributed by atoms with E-state index in [1.165, 1.54) is 11.8 Å². The number of halogens is 1. The minimum Gasteiger partial charge on any atom is -0.356 e. The minimum absolute atomic E-state index is 0.105. The Morgan fingerprint density at radius 3 is 2.38 bits per heavy atom. The van der Waals surface area contributed by atoms with Gasteiger partial charge in [-0.1, -0.05) is 65.8 Å². The molecular formula is C29H31ClN4O2S. The van der Waals surface area contributed by atoms with Gasteiger partial charge in [0.2, 0.25) is 0 Å². The molecule has 3 aromatic rings. The molecule has 0 bridgehead atoms. The van der Waals surface area contributed by atoms with Crippen LogP contribution in [0.2, 0.25) is 5.15 Å². The highest BCUT2D eigenvalue weighted by Crippen LogP contribution is 2.38. The van der Waals surface area contributed by atoms with Gasteiger partial charge in [0.05, 0.1) is 5.41 Å². The second-order valence-electron chi connectivity index (χ2n) is 9.81. The molecule has 1 amide bonds. The maximum absolute atomic E-state index is 12.8. The second-order valence-corrected chi connectivity index (χ2v) is 11.1. The van der Waals surface area contributed by atoms with Gasteiger partial charge < -0.3 is 9.80 Å². The molecule has 2 saturated heterocycles. The lowest BCUT2D eigenvalue weighted by molar-refractivity contribution is -0.123. The van der Waals surface area contributed by atoms with E-state index in [2.05, 4.69) is 22.0 Å². The van der Waals surface area contributed by atoms with Crippen molar-refractivity contribution in [1.82, 2.24) is 14.9 Å². The lowest BCUT2D eigenvalue weighted by atomic mass is 9.70. The van der Waals surface area contributed by atoms with Gasteiger partial charge in [-0.2, -0.15) is 0 Å². The molecule has 37 heavy (non-hydrogen) atoms. The molecule has 0 spiro atoms. The maximum atomic E-state index is 12.8. The summed E-state index contributed by atoms with van der Waals surface area (Å²) in [6.07, 6.45) is 3.62. The molecule has 0 atom stereocenters. The van der Waals surface area contributed by atoms with Crippen molar-refractivity contribution in [2.75, 3.05) is 31.1 Å². The van der Waals surface area contributed by atoms with Gasteiger partial charge in [0.15, 0.2) is 5.16 Å². The quantitative estimate of drug-likeness (QED) is 0.217. The molecule has 0 aliphatic carbocycles. The number of nitrogens with zero attached hydrogens (tertiary/aromatic N) is 4. The number of piperidine rings is 1. The number of Topliss-reactive ketones (excluding diaryl/α,β-unsaturated/α-hetero) is 1. The van der Waals surface area contributed by atoms with E-state index in [4.69, 9.17) is 16.6 Å². The Morgan fingerprint density at radius 1 is 0.946 bits per heavy atom. The molecule has 2 aliphatic rings. The van der Waals surface area contributed by atoms with Crippen LogP contribution in [-0.2, 0) is 16.0 Å². The van der Waals surface area contributed by atoms with Crippen molar-refractivity contribution in [2.24, 2.45) is 0 Å². The van der Waals surface area contributed by atoms with E-state index < -0.39 is 5.41 Å². The van der Waals surface area contributed by atoms with Crippen molar-refractivity contribution in [2.45, 2.75) is 48.9 Å². The summed E-state index contributed by atoms with van der Waals surface area (Å²) >= 11 is 7.91. The van der Waals surface area contributed by atoms with Gasteiger partial charge in [-0.05, 0) is 55.9 Å². The van der Waals surface area contributed by atoms with Gasteiger partial charge in [0, 0.05) is 43.6 Å². The molecule has 2 aromatic carbocycles. The Balaban J connectivity index is 1.26. The number of hydrogen-bond acceptors (Lipinski definition) is 6. The van der Waals surface area contributed by atoms with Crippen LogP contribution >= 0.6 is 23.4 Å². The number of carbonyl (C=O) groups excluding carboxylic acids is 2. The molecule has 0 unspecified atom stereocenters. The first kappa shape index (κ1) is 25.7. The topological polar surface area (TPSA) is 66.4 Å². The SMILES string of the molecule is CC(=O)C1(c2ccccc2)CCN(c2cc(Cl)nc(SCc3cccc(C(=O)N4CCCC4)c3)n2)CC1. The lowest BCUT2D eigenvalue weighted by Crippen LogP contribution is -2.47. The molecule has 1 aromatic heterocycles. The van der Waals surface area contributed by atoms with Crippen LogP contribution in [0.3, 0.4) is 0 Å². The first-order valence-corrected chi connectivity index (χ1v) is 14.2. The molecule has 2 fully saturated rings. The van der Waals surface area contributed by atoms with E-state index in [1.807, 2.05) is 47.4 Å². The molecule has 3 heterocycles. The normalized spacial score (nSPS) is 17.1. The van der Waals surface area contributed by atoms with Crippen molar-refractivity contribution in [1.29, 1.82) is 0 Å². The van der Waals surface area contributed by atoms with Crippen LogP contribution in [0.25, 0.3) is 0 Å². The highest BCUT2D eigenvalue weighted by Gasteiger charge is 2.40. The number of hydrogen-bond donors (Lipinski definition) is 0. The fourth-order valence-electron chi connectivity index (χ4n) is 5.38. The number of anilines is 1. The number of ketones is 1. The minimum atomic E-state index is -0.455. The zero-order chi connectivity index (χ0) is 25.8. The fraction of sp³-hybridized carbons (Fsp3) is 0.379. The van der Waals surface area contributed by atoms with Crippen LogP contribution in [0.1, 0.15) is 54.1 Å². The largest absolute Gasteiger partial charge is 0.356 e. The number of thioether (sulfide) groups is 1. The highest BCUT2D eigenvalue weighted by atomic mass is 35.5. The van der Waals surface area contributed by atoms with E-state index in [0.29, 0.717) is 29.2 Å². The summed E-state index contributed by atoms with van der Waals surface area (Å²) in [5.41, 5.74) is 2.41.